The second kappa shape index (κ2) is 8.94. The SMILES string of the molecule is COc1ccc(NC(=O)CCNS(=O)(=O)c2ccc(C(C)(C)C)cc2)cc1Cl. The monoisotopic (exact) mass is 424 g/mol. The highest BCUT2D eigenvalue weighted by Crippen LogP contribution is 2.27. The summed E-state index contributed by atoms with van der Waals surface area (Å²) in [6.07, 6.45) is -0.0110. The molecule has 8 heteroatoms. The number of anilines is 1. The number of amides is 1. The molecule has 6 nitrogen and oxygen atoms in total. The molecule has 0 bridgehead atoms. The number of carbonyl (C=O) groups is 1. The first-order valence-electron chi connectivity index (χ1n) is 8.76. The summed E-state index contributed by atoms with van der Waals surface area (Å²) in [5.41, 5.74) is 1.50. The number of hydrogen-bond donors (Lipinski definition) is 2. The predicted octanol–water partition coefficient (Wildman–Crippen LogP) is 3.95. The minimum Gasteiger partial charge on any atom is -0.495 e. The molecule has 152 valence electrons. The van der Waals surface area contributed by atoms with E-state index in [0.717, 1.165) is 5.56 Å². The van der Waals surface area contributed by atoms with E-state index in [0.29, 0.717) is 16.5 Å². The van der Waals surface area contributed by atoms with Crippen LogP contribution in [0.25, 0.3) is 0 Å². The number of halogens is 1. The summed E-state index contributed by atoms with van der Waals surface area (Å²) in [7, 11) is -2.17. The molecule has 0 fully saturated rings. The number of methoxy groups -OCH3 is 1. The average molecular weight is 425 g/mol. The third-order valence-corrected chi connectivity index (χ3v) is 5.88. The van der Waals surface area contributed by atoms with E-state index >= 15 is 0 Å². The van der Waals surface area contributed by atoms with E-state index in [1.807, 2.05) is 0 Å². The van der Waals surface area contributed by atoms with Crippen LogP contribution >= 0.6 is 11.6 Å². The summed E-state index contributed by atoms with van der Waals surface area (Å²) in [5.74, 6) is 0.178. The van der Waals surface area contributed by atoms with Gasteiger partial charge < -0.3 is 10.1 Å². The van der Waals surface area contributed by atoms with Crippen LogP contribution in [0.3, 0.4) is 0 Å². The Morgan fingerprint density at radius 1 is 1.11 bits per heavy atom. The van der Waals surface area contributed by atoms with Crippen molar-refractivity contribution in [3.05, 3.63) is 53.1 Å². The van der Waals surface area contributed by atoms with Crippen LogP contribution in [0, 0.1) is 0 Å². The average Bonchev–Trinajstić information content (AvgIpc) is 2.61. The Labute approximate surface area is 171 Å². The Bertz CT molecular complexity index is 936. The van der Waals surface area contributed by atoms with Crippen molar-refractivity contribution in [3.8, 4) is 5.75 Å². The van der Waals surface area contributed by atoms with Crippen molar-refractivity contribution in [2.45, 2.75) is 37.5 Å². The van der Waals surface area contributed by atoms with Gasteiger partial charge in [0.25, 0.3) is 0 Å². The van der Waals surface area contributed by atoms with Crippen molar-refractivity contribution in [2.24, 2.45) is 0 Å². The second-order valence-corrected chi connectivity index (χ2v) is 9.49. The molecule has 0 radical (unpaired) electrons. The van der Waals surface area contributed by atoms with E-state index in [1.54, 1.807) is 42.5 Å². The topological polar surface area (TPSA) is 84.5 Å². The Balaban J connectivity index is 1.91. The zero-order valence-corrected chi connectivity index (χ0v) is 17.9. The van der Waals surface area contributed by atoms with Crippen LogP contribution in [-0.2, 0) is 20.2 Å². The number of ether oxygens (including phenoxy) is 1. The summed E-state index contributed by atoms with van der Waals surface area (Å²) in [6.45, 7) is 6.16. The molecule has 2 rings (SSSR count). The summed E-state index contributed by atoms with van der Waals surface area (Å²) >= 11 is 6.02. The van der Waals surface area contributed by atoms with Gasteiger partial charge in [-0.3, -0.25) is 4.79 Å². The molecule has 0 atom stereocenters. The number of hydrogen-bond acceptors (Lipinski definition) is 4. The zero-order chi connectivity index (χ0) is 20.9. The van der Waals surface area contributed by atoms with E-state index in [-0.39, 0.29) is 29.2 Å². The van der Waals surface area contributed by atoms with Crippen molar-refractivity contribution in [1.82, 2.24) is 4.72 Å². The lowest BCUT2D eigenvalue weighted by molar-refractivity contribution is -0.116. The smallest absolute Gasteiger partial charge is 0.240 e. The molecule has 0 aliphatic rings. The van der Waals surface area contributed by atoms with Crippen molar-refractivity contribution in [3.63, 3.8) is 0 Å². The second-order valence-electron chi connectivity index (χ2n) is 7.32. The molecule has 0 unspecified atom stereocenters. The van der Waals surface area contributed by atoms with Gasteiger partial charge in [0, 0.05) is 18.7 Å². The molecule has 2 aromatic rings. The minimum absolute atomic E-state index is 0.0110. The fourth-order valence-electron chi connectivity index (χ4n) is 2.48. The molecule has 1 amide bonds. The van der Waals surface area contributed by atoms with Gasteiger partial charge in [0.1, 0.15) is 5.75 Å². The number of carbonyl (C=O) groups excluding carboxylic acids is 1. The third-order valence-electron chi connectivity index (χ3n) is 4.11. The van der Waals surface area contributed by atoms with Crippen LogP contribution in [0.15, 0.2) is 47.4 Å². The Morgan fingerprint density at radius 2 is 1.75 bits per heavy atom. The Hall–Kier alpha value is -2.09. The molecule has 0 aromatic heterocycles. The van der Waals surface area contributed by atoms with Gasteiger partial charge in [-0.15, -0.1) is 0 Å². The quantitative estimate of drug-likeness (QED) is 0.704. The lowest BCUT2D eigenvalue weighted by atomic mass is 9.87. The highest BCUT2D eigenvalue weighted by molar-refractivity contribution is 7.89. The van der Waals surface area contributed by atoms with Crippen LogP contribution in [0.5, 0.6) is 5.75 Å². The zero-order valence-electron chi connectivity index (χ0n) is 16.4. The van der Waals surface area contributed by atoms with Crippen LogP contribution in [0.2, 0.25) is 5.02 Å². The van der Waals surface area contributed by atoms with Crippen molar-refractivity contribution < 1.29 is 17.9 Å². The Morgan fingerprint density at radius 3 is 2.29 bits per heavy atom. The van der Waals surface area contributed by atoms with E-state index in [1.165, 1.54) is 7.11 Å². The summed E-state index contributed by atoms with van der Waals surface area (Å²) in [4.78, 5) is 12.2. The maximum atomic E-state index is 12.4. The summed E-state index contributed by atoms with van der Waals surface area (Å²) < 4.78 is 32.2. The first kappa shape index (κ1) is 22.2. The molecule has 2 N–H and O–H groups in total. The first-order chi connectivity index (χ1) is 13.0. The lowest BCUT2D eigenvalue weighted by Crippen LogP contribution is -2.28. The number of sulfonamides is 1. The summed E-state index contributed by atoms with van der Waals surface area (Å²) in [5, 5.41) is 3.05. The maximum absolute atomic E-state index is 12.4. The molecule has 0 saturated carbocycles. The van der Waals surface area contributed by atoms with Crippen molar-refractivity contribution in [2.75, 3.05) is 19.0 Å². The number of benzene rings is 2. The highest BCUT2D eigenvalue weighted by atomic mass is 35.5. The minimum atomic E-state index is -3.67. The molecule has 0 aliphatic heterocycles. The predicted molar refractivity (Wildman–Crippen MR) is 112 cm³/mol. The molecule has 0 heterocycles. The van der Waals surface area contributed by atoms with E-state index in [4.69, 9.17) is 16.3 Å². The largest absolute Gasteiger partial charge is 0.495 e. The third kappa shape index (κ3) is 5.95. The molecule has 2 aromatic carbocycles. The molecular weight excluding hydrogens is 400 g/mol. The van der Waals surface area contributed by atoms with Gasteiger partial charge in [-0.2, -0.15) is 0 Å². The van der Waals surface area contributed by atoms with Gasteiger partial charge in [-0.1, -0.05) is 44.5 Å². The van der Waals surface area contributed by atoms with Gasteiger partial charge in [0.05, 0.1) is 17.0 Å². The fraction of sp³-hybridized carbons (Fsp3) is 0.350. The first-order valence-corrected chi connectivity index (χ1v) is 10.6. The van der Waals surface area contributed by atoms with Crippen molar-refractivity contribution in [1.29, 1.82) is 0 Å². The molecule has 0 aliphatic carbocycles. The van der Waals surface area contributed by atoms with Gasteiger partial charge in [-0.25, -0.2) is 13.1 Å². The standard InChI is InChI=1S/C20H25ClN2O4S/c1-20(2,3)14-5-8-16(9-6-14)28(25,26)22-12-11-19(24)23-15-7-10-18(27-4)17(21)13-15/h5-10,13,22H,11-12H2,1-4H3,(H,23,24). The number of rotatable bonds is 7. The maximum Gasteiger partial charge on any atom is 0.240 e. The van der Waals surface area contributed by atoms with Crippen LogP contribution in [0.4, 0.5) is 5.69 Å². The van der Waals surface area contributed by atoms with Gasteiger partial charge in [-0.05, 0) is 41.3 Å². The molecule has 0 spiro atoms. The van der Waals surface area contributed by atoms with Gasteiger partial charge >= 0.3 is 0 Å². The van der Waals surface area contributed by atoms with E-state index in [9.17, 15) is 13.2 Å². The van der Waals surface area contributed by atoms with Gasteiger partial charge in [0.15, 0.2) is 0 Å². The molecule has 0 saturated heterocycles. The Kier molecular flexibility index (Phi) is 7.09. The molecular formula is C20H25ClN2O4S. The van der Waals surface area contributed by atoms with Crippen LogP contribution in [-0.4, -0.2) is 28.0 Å². The highest BCUT2D eigenvalue weighted by Gasteiger charge is 2.17. The summed E-state index contributed by atoms with van der Waals surface area (Å²) in [6, 6.07) is 11.6. The van der Waals surface area contributed by atoms with Crippen LogP contribution < -0.4 is 14.8 Å². The molecule has 28 heavy (non-hydrogen) atoms. The van der Waals surface area contributed by atoms with E-state index in [2.05, 4.69) is 30.8 Å². The fourth-order valence-corrected chi connectivity index (χ4v) is 3.77. The lowest BCUT2D eigenvalue weighted by Gasteiger charge is -2.19. The van der Waals surface area contributed by atoms with Crippen LogP contribution in [0.1, 0.15) is 32.8 Å². The van der Waals surface area contributed by atoms with Gasteiger partial charge in [0.2, 0.25) is 15.9 Å². The normalized spacial score (nSPS) is 11.9. The number of nitrogens with one attached hydrogen (secondary N) is 2. The van der Waals surface area contributed by atoms with E-state index < -0.39 is 10.0 Å². The van der Waals surface area contributed by atoms with Crippen molar-refractivity contribution >= 4 is 33.2 Å².